The molecule has 0 saturated carbocycles. The average Bonchev–Trinajstić information content (AvgIpc) is 2.57. The van der Waals surface area contributed by atoms with E-state index in [9.17, 15) is 19.5 Å². The fourth-order valence-electron chi connectivity index (χ4n) is 2.27. The molecule has 0 saturated heterocycles. The highest BCUT2D eigenvalue weighted by atomic mass is 79.9. The topological polar surface area (TPSA) is 95.5 Å². The summed E-state index contributed by atoms with van der Waals surface area (Å²) in [6.07, 6.45) is 0.0756. The van der Waals surface area contributed by atoms with Gasteiger partial charge in [-0.25, -0.2) is 4.79 Å². The van der Waals surface area contributed by atoms with Crippen molar-refractivity contribution in [2.45, 2.75) is 19.4 Å². The zero-order valence-electron chi connectivity index (χ0n) is 13.8. The molecule has 0 aromatic heterocycles. The van der Waals surface area contributed by atoms with Crippen molar-refractivity contribution >= 4 is 51.0 Å². The van der Waals surface area contributed by atoms with Crippen LogP contribution in [0.25, 0.3) is 0 Å². The molecule has 3 N–H and O–H groups in total. The van der Waals surface area contributed by atoms with Crippen molar-refractivity contribution in [3.05, 3.63) is 63.1 Å². The fraction of sp³-hybridized carbons (Fsp3) is 0.167. The third-order valence-electron chi connectivity index (χ3n) is 3.50. The van der Waals surface area contributed by atoms with E-state index in [1.807, 2.05) is 0 Å². The monoisotopic (exact) mass is 438 g/mol. The Labute approximate surface area is 163 Å². The molecule has 0 fully saturated rings. The van der Waals surface area contributed by atoms with Crippen molar-refractivity contribution in [3.8, 4) is 0 Å². The molecule has 136 valence electrons. The number of hydrogen-bond donors (Lipinski definition) is 3. The number of carbonyl (C=O) groups excluding carboxylic acids is 2. The second-order valence-electron chi connectivity index (χ2n) is 5.56. The van der Waals surface area contributed by atoms with Gasteiger partial charge in [-0.2, -0.15) is 0 Å². The van der Waals surface area contributed by atoms with Crippen LogP contribution in [0, 0.1) is 0 Å². The van der Waals surface area contributed by atoms with Crippen LogP contribution in [0.3, 0.4) is 0 Å². The van der Waals surface area contributed by atoms with Crippen LogP contribution < -0.4 is 10.6 Å². The Kier molecular flexibility index (Phi) is 6.76. The van der Waals surface area contributed by atoms with Crippen molar-refractivity contribution < 1.29 is 19.5 Å². The Bertz CT molecular complexity index is 840. The maximum Gasteiger partial charge on any atom is 0.326 e. The van der Waals surface area contributed by atoms with Gasteiger partial charge in [-0.15, -0.1) is 0 Å². The molecule has 1 atom stereocenters. The van der Waals surface area contributed by atoms with Gasteiger partial charge in [0.2, 0.25) is 5.91 Å². The van der Waals surface area contributed by atoms with Crippen LogP contribution >= 0.6 is 27.5 Å². The molecule has 2 rings (SSSR count). The normalized spacial score (nSPS) is 11.5. The van der Waals surface area contributed by atoms with E-state index in [2.05, 4.69) is 26.6 Å². The lowest BCUT2D eigenvalue weighted by atomic mass is 10.1. The predicted octanol–water partition coefficient (Wildman–Crippen LogP) is 3.49. The second-order valence-corrected chi connectivity index (χ2v) is 6.85. The maximum atomic E-state index is 12.3. The largest absolute Gasteiger partial charge is 0.480 e. The first kappa shape index (κ1) is 19.9. The van der Waals surface area contributed by atoms with Gasteiger partial charge < -0.3 is 15.7 Å². The Morgan fingerprint density at radius 1 is 1.15 bits per heavy atom. The number of carboxylic acid groups (broad SMARTS) is 1. The van der Waals surface area contributed by atoms with Crippen molar-refractivity contribution in [1.29, 1.82) is 0 Å². The summed E-state index contributed by atoms with van der Waals surface area (Å²) in [7, 11) is 0. The van der Waals surface area contributed by atoms with Crippen LogP contribution in [0.4, 0.5) is 5.69 Å². The second kappa shape index (κ2) is 8.82. The molecule has 2 amide bonds. The lowest BCUT2D eigenvalue weighted by Crippen LogP contribution is -2.42. The number of benzene rings is 2. The Hall–Kier alpha value is -2.38. The van der Waals surface area contributed by atoms with Gasteiger partial charge in [0.15, 0.2) is 0 Å². The van der Waals surface area contributed by atoms with E-state index < -0.39 is 17.9 Å². The molecule has 8 heteroatoms. The van der Waals surface area contributed by atoms with Gasteiger partial charge in [0.1, 0.15) is 6.04 Å². The lowest BCUT2D eigenvalue weighted by molar-refractivity contribution is -0.139. The van der Waals surface area contributed by atoms with E-state index in [1.54, 1.807) is 30.3 Å². The predicted molar refractivity (Wildman–Crippen MR) is 102 cm³/mol. The quantitative estimate of drug-likeness (QED) is 0.642. The van der Waals surface area contributed by atoms with Crippen LogP contribution in [0.1, 0.15) is 22.8 Å². The van der Waals surface area contributed by atoms with Gasteiger partial charge in [0, 0.05) is 34.1 Å². The van der Waals surface area contributed by atoms with Crippen LogP contribution in [-0.4, -0.2) is 28.9 Å². The minimum Gasteiger partial charge on any atom is -0.480 e. The third-order valence-corrected chi connectivity index (χ3v) is 4.51. The van der Waals surface area contributed by atoms with Crippen molar-refractivity contribution in [3.63, 3.8) is 0 Å². The fourth-order valence-corrected chi connectivity index (χ4v) is 2.87. The molecule has 0 unspecified atom stereocenters. The molecule has 0 spiro atoms. The summed E-state index contributed by atoms with van der Waals surface area (Å²) in [4.78, 5) is 34.9. The molecule has 26 heavy (non-hydrogen) atoms. The van der Waals surface area contributed by atoms with Crippen LogP contribution in [0.2, 0.25) is 5.02 Å². The molecule has 0 radical (unpaired) electrons. The van der Waals surface area contributed by atoms with E-state index >= 15 is 0 Å². The van der Waals surface area contributed by atoms with Gasteiger partial charge in [0.25, 0.3) is 5.91 Å². The number of anilines is 1. The molecule has 0 heterocycles. The van der Waals surface area contributed by atoms with E-state index in [-0.39, 0.29) is 17.9 Å². The van der Waals surface area contributed by atoms with Crippen LogP contribution in [0.15, 0.2) is 46.9 Å². The minimum absolute atomic E-state index is 0.0756. The first-order chi connectivity index (χ1) is 12.3. The zero-order chi connectivity index (χ0) is 19.3. The van der Waals surface area contributed by atoms with Crippen LogP contribution in [-0.2, 0) is 16.0 Å². The van der Waals surface area contributed by atoms with Crippen LogP contribution in [0.5, 0.6) is 0 Å². The molecule has 6 nitrogen and oxygen atoms in total. The first-order valence-electron chi connectivity index (χ1n) is 7.61. The number of carbonyl (C=O) groups is 3. The lowest BCUT2D eigenvalue weighted by Gasteiger charge is -2.16. The van der Waals surface area contributed by atoms with Gasteiger partial charge in [-0.3, -0.25) is 9.59 Å². The number of amides is 2. The zero-order valence-corrected chi connectivity index (χ0v) is 16.1. The number of rotatable bonds is 6. The maximum absolute atomic E-state index is 12.3. The molecule has 0 aliphatic heterocycles. The molecule has 0 aliphatic carbocycles. The molecule has 0 bridgehead atoms. The Morgan fingerprint density at radius 2 is 1.81 bits per heavy atom. The molecule has 2 aromatic carbocycles. The number of hydrogen-bond acceptors (Lipinski definition) is 3. The Balaban J connectivity index is 2.11. The van der Waals surface area contributed by atoms with E-state index in [0.717, 1.165) is 0 Å². The van der Waals surface area contributed by atoms with Crippen molar-refractivity contribution in [1.82, 2.24) is 5.32 Å². The van der Waals surface area contributed by atoms with E-state index in [1.165, 1.54) is 19.1 Å². The van der Waals surface area contributed by atoms with E-state index in [4.69, 9.17) is 11.6 Å². The van der Waals surface area contributed by atoms with Crippen molar-refractivity contribution in [2.24, 2.45) is 0 Å². The average molecular weight is 440 g/mol. The molecule has 2 aromatic rings. The summed E-state index contributed by atoms with van der Waals surface area (Å²) in [6.45, 7) is 1.38. The van der Waals surface area contributed by atoms with E-state index in [0.29, 0.717) is 20.7 Å². The summed E-state index contributed by atoms with van der Waals surface area (Å²) in [6, 6.07) is 10.1. The smallest absolute Gasteiger partial charge is 0.326 e. The Morgan fingerprint density at radius 3 is 2.38 bits per heavy atom. The van der Waals surface area contributed by atoms with Gasteiger partial charge in [-0.05, 0) is 48.0 Å². The summed E-state index contributed by atoms with van der Waals surface area (Å²) in [5, 5.41) is 15.0. The summed E-state index contributed by atoms with van der Waals surface area (Å²) < 4.78 is 0.710. The molecular weight excluding hydrogens is 424 g/mol. The molecule has 0 aliphatic rings. The third kappa shape index (κ3) is 5.57. The minimum atomic E-state index is -1.15. The number of halogens is 2. The summed E-state index contributed by atoms with van der Waals surface area (Å²) in [5.41, 5.74) is 1.51. The van der Waals surface area contributed by atoms with Gasteiger partial charge >= 0.3 is 5.97 Å². The standard InChI is InChI=1S/C18H16BrClN2O4/c1-10(23)21-14-5-2-11(3-6-14)17(24)22-16(18(25)26)9-12-8-13(20)4-7-15(12)19/h2-8,16H,9H2,1H3,(H,21,23)(H,22,24)(H,25,26)/t16-/m0/s1. The number of carboxylic acids is 1. The summed E-state index contributed by atoms with van der Waals surface area (Å²) >= 11 is 9.29. The number of nitrogens with one attached hydrogen (secondary N) is 2. The molecular formula is C18H16BrClN2O4. The van der Waals surface area contributed by atoms with Gasteiger partial charge in [-0.1, -0.05) is 27.5 Å². The summed E-state index contributed by atoms with van der Waals surface area (Å²) in [5.74, 6) is -1.90. The first-order valence-corrected chi connectivity index (χ1v) is 8.78. The number of aliphatic carboxylic acids is 1. The highest BCUT2D eigenvalue weighted by molar-refractivity contribution is 9.10. The van der Waals surface area contributed by atoms with Crippen molar-refractivity contribution in [2.75, 3.05) is 5.32 Å². The van der Waals surface area contributed by atoms with Gasteiger partial charge in [0.05, 0.1) is 0 Å². The highest BCUT2D eigenvalue weighted by Crippen LogP contribution is 2.22. The SMILES string of the molecule is CC(=O)Nc1ccc(C(=O)N[C@@H](Cc2cc(Cl)ccc2Br)C(=O)O)cc1. The highest BCUT2D eigenvalue weighted by Gasteiger charge is 2.22.